The fourth-order valence-corrected chi connectivity index (χ4v) is 1.93. The van der Waals surface area contributed by atoms with Gasteiger partial charge in [0.15, 0.2) is 5.78 Å². The Balaban J connectivity index is 2.09. The quantitative estimate of drug-likeness (QED) is 0.614. The van der Waals surface area contributed by atoms with E-state index in [9.17, 15) is 14.0 Å². The Morgan fingerprint density at radius 1 is 1.32 bits per heavy atom. The number of ketones is 1. The Morgan fingerprint density at radius 2 is 2.11 bits per heavy atom. The molecule has 0 aliphatic heterocycles. The number of fused-ring (bicyclic) bond motifs is 1. The van der Waals surface area contributed by atoms with Crippen LogP contribution in [0.25, 0.3) is 10.9 Å². The first kappa shape index (κ1) is 13.3. The molecule has 1 aromatic heterocycles. The second-order valence-electron chi connectivity index (χ2n) is 4.17. The molecule has 4 nitrogen and oxygen atoms in total. The molecule has 0 amide bonds. The molecule has 0 saturated heterocycles. The van der Waals surface area contributed by atoms with E-state index in [4.69, 9.17) is 4.74 Å². The molecule has 0 unspecified atom stereocenters. The van der Waals surface area contributed by atoms with Crippen LogP contribution in [0.15, 0.2) is 30.5 Å². The molecule has 2 rings (SSSR count). The van der Waals surface area contributed by atoms with Gasteiger partial charge in [-0.3, -0.25) is 9.59 Å². The van der Waals surface area contributed by atoms with Crippen LogP contribution in [0.5, 0.6) is 0 Å². The van der Waals surface area contributed by atoms with Crippen LogP contribution in [-0.2, 0) is 20.9 Å². The lowest BCUT2D eigenvalue weighted by Gasteiger charge is -2.05. The molecule has 0 atom stereocenters. The van der Waals surface area contributed by atoms with Gasteiger partial charge in [0, 0.05) is 17.1 Å². The zero-order valence-corrected chi connectivity index (χ0v) is 10.6. The zero-order chi connectivity index (χ0) is 13.8. The van der Waals surface area contributed by atoms with E-state index in [1.807, 2.05) is 0 Å². The first-order valence-electron chi connectivity index (χ1n) is 6.02. The number of carbonyl (C=O) groups excluding carboxylic acids is 2. The lowest BCUT2D eigenvalue weighted by atomic mass is 10.2. The summed E-state index contributed by atoms with van der Waals surface area (Å²) < 4.78 is 19.4. The van der Waals surface area contributed by atoms with Gasteiger partial charge < -0.3 is 9.30 Å². The molecule has 0 radical (unpaired) electrons. The number of ether oxygens (including phenoxy) is 1. The fraction of sp³-hybridized carbons (Fsp3) is 0.286. The molecular formula is C14H14FNO3. The highest BCUT2D eigenvalue weighted by Gasteiger charge is 2.12. The van der Waals surface area contributed by atoms with Crippen molar-refractivity contribution in [3.63, 3.8) is 0 Å². The topological polar surface area (TPSA) is 48.3 Å². The minimum Gasteiger partial charge on any atom is -0.466 e. The number of carbonyl (C=O) groups is 2. The van der Waals surface area contributed by atoms with E-state index in [-0.39, 0.29) is 31.2 Å². The number of aromatic nitrogens is 1. The summed E-state index contributed by atoms with van der Waals surface area (Å²) in [6, 6.07) is 6.09. The average molecular weight is 263 g/mol. The maximum absolute atomic E-state index is 13.0. The van der Waals surface area contributed by atoms with E-state index in [1.165, 1.54) is 12.1 Å². The number of hydrogen-bond acceptors (Lipinski definition) is 3. The smallest absolute Gasteiger partial charge is 0.313 e. The summed E-state index contributed by atoms with van der Waals surface area (Å²) in [6.45, 7) is 2.03. The number of benzene rings is 1. The van der Waals surface area contributed by atoms with Gasteiger partial charge in [-0.15, -0.1) is 0 Å². The second kappa shape index (κ2) is 5.65. The zero-order valence-electron chi connectivity index (χ0n) is 10.6. The molecule has 0 bridgehead atoms. The van der Waals surface area contributed by atoms with Crippen molar-refractivity contribution >= 4 is 22.7 Å². The average Bonchev–Trinajstić information content (AvgIpc) is 2.71. The SMILES string of the molecule is CCOC(=O)CC(=O)Cn1ccc2cc(F)ccc21. The third-order valence-corrected chi connectivity index (χ3v) is 2.73. The fourth-order valence-electron chi connectivity index (χ4n) is 1.93. The lowest BCUT2D eigenvalue weighted by molar-refractivity contribution is -0.145. The molecule has 0 N–H and O–H groups in total. The van der Waals surface area contributed by atoms with E-state index in [0.29, 0.717) is 0 Å². The Bertz CT molecular complexity index is 618. The summed E-state index contributed by atoms with van der Waals surface area (Å²) in [5.74, 6) is -1.07. The number of halogens is 1. The van der Waals surface area contributed by atoms with Gasteiger partial charge in [0.1, 0.15) is 12.2 Å². The highest BCUT2D eigenvalue weighted by atomic mass is 19.1. The number of esters is 1. The minimum atomic E-state index is -0.519. The molecule has 1 heterocycles. The summed E-state index contributed by atoms with van der Waals surface area (Å²) in [5.41, 5.74) is 0.763. The molecule has 1 aromatic carbocycles. The molecule has 0 fully saturated rings. The van der Waals surface area contributed by atoms with Crippen LogP contribution < -0.4 is 0 Å². The van der Waals surface area contributed by atoms with Gasteiger partial charge in [-0.05, 0) is 31.2 Å². The van der Waals surface area contributed by atoms with Gasteiger partial charge in [0.2, 0.25) is 0 Å². The van der Waals surface area contributed by atoms with Gasteiger partial charge in [0.25, 0.3) is 0 Å². The van der Waals surface area contributed by atoms with Crippen molar-refractivity contribution in [3.05, 3.63) is 36.3 Å². The monoisotopic (exact) mass is 263 g/mol. The van der Waals surface area contributed by atoms with E-state index in [0.717, 1.165) is 10.9 Å². The van der Waals surface area contributed by atoms with Gasteiger partial charge in [-0.25, -0.2) is 4.39 Å². The molecule has 19 heavy (non-hydrogen) atoms. The van der Waals surface area contributed by atoms with E-state index < -0.39 is 5.97 Å². The predicted molar refractivity (Wildman–Crippen MR) is 68.2 cm³/mol. The molecule has 0 aliphatic carbocycles. The van der Waals surface area contributed by atoms with Gasteiger partial charge in [0.05, 0.1) is 13.2 Å². The van der Waals surface area contributed by atoms with Crippen LogP contribution in [0, 0.1) is 5.82 Å². The van der Waals surface area contributed by atoms with Crippen LogP contribution in [-0.4, -0.2) is 22.9 Å². The van der Waals surface area contributed by atoms with Crippen LogP contribution in [0.3, 0.4) is 0 Å². The van der Waals surface area contributed by atoms with Crippen molar-refractivity contribution in [2.24, 2.45) is 0 Å². The number of nitrogens with zero attached hydrogens (tertiary/aromatic N) is 1. The Kier molecular flexibility index (Phi) is 3.94. The Labute approximate surface area is 109 Å². The van der Waals surface area contributed by atoms with Crippen molar-refractivity contribution in [2.75, 3.05) is 6.61 Å². The maximum atomic E-state index is 13.0. The number of hydrogen-bond donors (Lipinski definition) is 0. The normalized spacial score (nSPS) is 10.6. The summed E-state index contributed by atoms with van der Waals surface area (Å²) in [7, 11) is 0. The van der Waals surface area contributed by atoms with Crippen molar-refractivity contribution in [2.45, 2.75) is 19.9 Å². The Morgan fingerprint density at radius 3 is 2.84 bits per heavy atom. The molecule has 100 valence electrons. The largest absolute Gasteiger partial charge is 0.466 e. The Hall–Kier alpha value is -2.17. The van der Waals surface area contributed by atoms with Gasteiger partial charge >= 0.3 is 5.97 Å². The van der Waals surface area contributed by atoms with E-state index in [2.05, 4.69) is 0 Å². The van der Waals surface area contributed by atoms with Crippen LogP contribution in [0.2, 0.25) is 0 Å². The van der Waals surface area contributed by atoms with Gasteiger partial charge in [-0.1, -0.05) is 0 Å². The highest BCUT2D eigenvalue weighted by molar-refractivity contribution is 5.96. The van der Waals surface area contributed by atoms with E-state index >= 15 is 0 Å². The van der Waals surface area contributed by atoms with Crippen molar-refractivity contribution in [3.8, 4) is 0 Å². The molecule has 0 spiro atoms. The third kappa shape index (κ3) is 3.19. The van der Waals surface area contributed by atoms with Crippen molar-refractivity contribution < 1.29 is 18.7 Å². The maximum Gasteiger partial charge on any atom is 0.313 e. The lowest BCUT2D eigenvalue weighted by Crippen LogP contribution is -2.15. The highest BCUT2D eigenvalue weighted by Crippen LogP contribution is 2.17. The third-order valence-electron chi connectivity index (χ3n) is 2.73. The molecule has 5 heteroatoms. The summed E-state index contributed by atoms with van der Waals surface area (Å²) >= 11 is 0. The summed E-state index contributed by atoms with van der Waals surface area (Å²) in [6.07, 6.45) is 1.46. The predicted octanol–water partition coefficient (Wildman–Crippen LogP) is 2.30. The number of Topliss-reactive ketones (excluding diaryl/α,β-unsaturated/α-hetero) is 1. The first-order valence-corrected chi connectivity index (χ1v) is 6.02. The standard InChI is InChI=1S/C14H14FNO3/c1-2-19-14(18)8-12(17)9-16-6-5-10-7-11(15)3-4-13(10)16/h3-7H,2,8-9H2,1H3. The number of rotatable bonds is 5. The first-order chi connectivity index (χ1) is 9.10. The van der Waals surface area contributed by atoms with Crippen LogP contribution >= 0.6 is 0 Å². The van der Waals surface area contributed by atoms with Gasteiger partial charge in [-0.2, -0.15) is 0 Å². The molecule has 2 aromatic rings. The molecular weight excluding hydrogens is 249 g/mol. The summed E-state index contributed by atoms with van der Waals surface area (Å²) in [5, 5.41) is 0.726. The van der Waals surface area contributed by atoms with Crippen molar-refractivity contribution in [1.82, 2.24) is 4.57 Å². The van der Waals surface area contributed by atoms with Crippen LogP contribution in [0.4, 0.5) is 4.39 Å². The van der Waals surface area contributed by atoms with E-state index in [1.54, 1.807) is 29.8 Å². The second-order valence-corrected chi connectivity index (χ2v) is 4.17. The van der Waals surface area contributed by atoms with Crippen molar-refractivity contribution in [1.29, 1.82) is 0 Å². The molecule has 0 saturated carbocycles. The summed E-state index contributed by atoms with van der Waals surface area (Å²) in [4.78, 5) is 22.9. The molecule has 0 aliphatic rings. The minimum absolute atomic E-state index is 0.0773. The van der Waals surface area contributed by atoms with Crippen LogP contribution in [0.1, 0.15) is 13.3 Å².